The lowest BCUT2D eigenvalue weighted by atomic mass is 9.95. The van der Waals surface area contributed by atoms with Crippen molar-refractivity contribution < 1.29 is 14.0 Å². The number of Topliss-reactive ketones (excluding diaryl/α,β-unsaturated/α-hetero) is 1. The Balaban J connectivity index is 1.36. The van der Waals surface area contributed by atoms with Crippen LogP contribution in [0.3, 0.4) is 0 Å². The van der Waals surface area contributed by atoms with E-state index in [4.69, 9.17) is 4.42 Å². The molecule has 1 aromatic heterocycles. The van der Waals surface area contributed by atoms with Crippen LogP contribution in [0.1, 0.15) is 35.7 Å². The summed E-state index contributed by atoms with van der Waals surface area (Å²) in [7, 11) is 0. The van der Waals surface area contributed by atoms with Crippen LogP contribution in [0.25, 0.3) is 11.1 Å². The van der Waals surface area contributed by atoms with E-state index in [0.29, 0.717) is 11.1 Å². The molecule has 1 saturated heterocycles. The Morgan fingerprint density at radius 1 is 1.11 bits per heavy atom. The number of carbonyl (C=O) groups is 2. The molecule has 0 saturated carbocycles. The van der Waals surface area contributed by atoms with Crippen LogP contribution in [-0.2, 0) is 4.79 Å². The molecule has 4 rings (SSSR count). The summed E-state index contributed by atoms with van der Waals surface area (Å²) in [6.07, 6.45) is 1.53. The van der Waals surface area contributed by atoms with E-state index in [1.54, 1.807) is 6.92 Å². The SMILES string of the molecule is CC(=O)c1ccc(N2CCC(C(=O)Nc3nc4c(C)cccc4o3)CC2)cc1. The van der Waals surface area contributed by atoms with E-state index in [1.807, 2.05) is 49.4 Å². The van der Waals surface area contributed by atoms with Crippen molar-refractivity contribution in [2.24, 2.45) is 5.92 Å². The Bertz CT molecular complexity index is 1020. The zero-order valence-electron chi connectivity index (χ0n) is 16.1. The fourth-order valence-corrected chi connectivity index (χ4v) is 3.65. The number of hydrogen-bond donors (Lipinski definition) is 1. The van der Waals surface area contributed by atoms with Gasteiger partial charge in [0.05, 0.1) is 0 Å². The highest BCUT2D eigenvalue weighted by Gasteiger charge is 2.26. The number of anilines is 2. The summed E-state index contributed by atoms with van der Waals surface area (Å²) in [5.74, 6) is -0.0454. The molecule has 0 radical (unpaired) electrons. The van der Waals surface area contributed by atoms with E-state index < -0.39 is 0 Å². The molecule has 1 aliphatic rings. The molecule has 144 valence electrons. The van der Waals surface area contributed by atoms with Gasteiger partial charge in [0.25, 0.3) is 0 Å². The largest absolute Gasteiger partial charge is 0.423 e. The van der Waals surface area contributed by atoms with Gasteiger partial charge in [0.15, 0.2) is 11.4 Å². The molecular weight excluding hydrogens is 354 g/mol. The Labute approximate surface area is 163 Å². The molecule has 2 heterocycles. The summed E-state index contributed by atoms with van der Waals surface area (Å²) in [6, 6.07) is 13.6. The Morgan fingerprint density at radius 3 is 2.46 bits per heavy atom. The van der Waals surface area contributed by atoms with Gasteiger partial charge in [0.1, 0.15) is 5.52 Å². The molecule has 1 amide bonds. The summed E-state index contributed by atoms with van der Waals surface area (Å²) in [4.78, 5) is 30.7. The topological polar surface area (TPSA) is 75.4 Å². The molecule has 0 spiro atoms. The number of carbonyl (C=O) groups excluding carboxylic acids is 2. The van der Waals surface area contributed by atoms with Gasteiger partial charge in [-0.3, -0.25) is 14.9 Å². The van der Waals surface area contributed by atoms with Crippen molar-refractivity contribution in [3.8, 4) is 0 Å². The highest BCUT2D eigenvalue weighted by Crippen LogP contribution is 2.26. The second kappa shape index (κ2) is 7.46. The third-order valence-electron chi connectivity index (χ3n) is 5.36. The van der Waals surface area contributed by atoms with Gasteiger partial charge in [0.2, 0.25) is 5.91 Å². The number of fused-ring (bicyclic) bond motifs is 1. The summed E-state index contributed by atoms with van der Waals surface area (Å²) >= 11 is 0. The number of para-hydroxylation sites is 1. The molecule has 1 aliphatic heterocycles. The summed E-state index contributed by atoms with van der Waals surface area (Å²) in [5, 5.41) is 2.83. The minimum Gasteiger partial charge on any atom is -0.423 e. The van der Waals surface area contributed by atoms with Crippen LogP contribution in [0.4, 0.5) is 11.7 Å². The molecule has 0 bridgehead atoms. The molecule has 0 aliphatic carbocycles. The number of aromatic nitrogens is 1. The van der Waals surface area contributed by atoms with E-state index in [1.165, 1.54) is 0 Å². The van der Waals surface area contributed by atoms with Crippen LogP contribution < -0.4 is 10.2 Å². The monoisotopic (exact) mass is 377 g/mol. The minimum absolute atomic E-state index is 0.0456. The van der Waals surface area contributed by atoms with Crippen LogP contribution in [0.2, 0.25) is 0 Å². The van der Waals surface area contributed by atoms with Crippen molar-refractivity contribution in [3.05, 3.63) is 53.6 Å². The number of nitrogens with zero attached hydrogens (tertiary/aromatic N) is 2. The van der Waals surface area contributed by atoms with Gasteiger partial charge < -0.3 is 9.32 Å². The maximum Gasteiger partial charge on any atom is 0.302 e. The molecule has 0 atom stereocenters. The first kappa shape index (κ1) is 18.2. The lowest BCUT2D eigenvalue weighted by molar-refractivity contribution is -0.120. The van der Waals surface area contributed by atoms with Crippen LogP contribution in [0.5, 0.6) is 0 Å². The first-order valence-corrected chi connectivity index (χ1v) is 9.54. The van der Waals surface area contributed by atoms with E-state index in [2.05, 4.69) is 15.2 Å². The van der Waals surface area contributed by atoms with Crippen molar-refractivity contribution in [2.75, 3.05) is 23.3 Å². The Kier molecular flexibility index (Phi) is 4.86. The van der Waals surface area contributed by atoms with Gasteiger partial charge in [-0.25, -0.2) is 0 Å². The van der Waals surface area contributed by atoms with Crippen LogP contribution in [0.15, 0.2) is 46.9 Å². The zero-order valence-corrected chi connectivity index (χ0v) is 16.1. The van der Waals surface area contributed by atoms with Gasteiger partial charge in [-0.1, -0.05) is 12.1 Å². The quantitative estimate of drug-likeness (QED) is 0.690. The summed E-state index contributed by atoms with van der Waals surface area (Å²) in [6.45, 7) is 5.13. The van der Waals surface area contributed by atoms with Crippen molar-refractivity contribution >= 4 is 34.5 Å². The van der Waals surface area contributed by atoms with Gasteiger partial charge in [-0.05, 0) is 62.6 Å². The van der Waals surface area contributed by atoms with Crippen molar-refractivity contribution in [1.29, 1.82) is 0 Å². The minimum atomic E-state index is -0.0659. The maximum atomic E-state index is 12.6. The molecule has 6 nitrogen and oxygen atoms in total. The van der Waals surface area contributed by atoms with Gasteiger partial charge >= 0.3 is 6.01 Å². The fourth-order valence-electron chi connectivity index (χ4n) is 3.65. The van der Waals surface area contributed by atoms with Crippen LogP contribution >= 0.6 is 0 Å². The van der Waals surface area contributed by atoms with Crippen LogP contribution in [-0.4, -0.2) is 29.8 Å². The number of rotatable bonds is 4. The molecule has 1 fully saturated rings. The predicted molar refractivity (Wildman–Crippen MR) is 109 cm³/mol. The van der Waals surface area contributed by atoms with Gasteiger partial charge in [-0.2, -0.15) is 4.98 Å². The van der Waals surface area contributed by atoms with Crippen molar-refractivity contribution in [2.45, 2.75) is 26.7 Å². The average Bonchev–Trinajstić information content (AvgIpc) is 3.12. The third kappa shape index (κ3) is 3.63. The summed E-state index contributed by atoms with van der Waals surface area (Å²) in [5.41, 5.74) is 4.27. The molecule has 1 N–H and O–H groups in total. The lowest BCUT2D eigenvalue weighted by Crippen LogP contribution is -2.38. The molecule has 28 heavy (non-hydrogen) atoms. The zero-order chi connectivity index (χ0) is 19.7. The molecule has 3 aromatic rings. The number of piperidine rings is 1. The second-order valence-corrected chi connectivity index (χ2v) is 7.29. The first-order chi connectivity index (χ1) is 13.5. The maximum absolute atomic E-state index is 12.6. The number of amides is 1. The van der Waals surface area contributed by atoms with Crippen LogP contribution in [0, 0.1) is 12.8 Å². The van der Waals surface area contributed by atoms with Crippen molar-refractivity contribution in [1.82, 2.24) is 4.98 Å². The van der Waals surface area contributed by atoms with E-state index in [0.717, 1.165) is 42.7 Å². The highest BCUT2D eigenvalue weighted by molar-refractivity contribution is 5.94. The molecule has 0 unspecified atom stereocenters. The number of ketones is 1. The molecular formula is C22H23N3O3. The molecule has 2 aromatic carbocycles. The third-order valence-corrected chi connectivity index (χ3v) is 5.36. The predicted octanol–water partition coefficient (Wildman–Crippen LogP) is 4.19. The van der Waals surface area contributed by atoms with E-state index >= 15 is 0 Å². The smallest absolute Gasteiger partial charge is 0.302 e. The average molecular weight is 377 g/mol. The molecule has 6 heteroatoms. The Hall–Kier alpha value is -3.15. The van der Waals surface area contributed by atoms with E-state index in [9.17, 15) is 9.59 Å². The van der Waals surface area contributed by atoms with E-state index in [-0.39, 0.29) is 23.6 Å². The standard InChI is InChI=1S/C22H23N3O3/c1-14-4-3-5-19-20(14)23-22(28-19)24-21(27)17-10-12-25(13-11-17)18-8-6-16(7-9-18)15(2)26/h3-9,17H,10-13H2,1-2H3,(H,23,24,27). The Morgan fingerprint density at radius 2 is 1.82 bits per heavy atom. The van der Waals surface area contributed by atoms with Crippen molar-refractivity contribution in [3.63, 3.8) is 0 Å². The highest BCUT2D eigenvalue weighted by atomic mass is 16.4. The van der Waals surface area contributed by atoms with Gasteiger partial charge in [0, 0.05) is 30.3 Å². The summed E-state index contributed by atoms with van der Waals surface area (Å²) < 4.78 is 5.65. The fraction of sp³-hybridized carbons (Fsp3) is 0.318. The second-order valence-electron chi connectivity index (χ2n) is 7.29. The van der Waals surface area contributed by atoms with Gasteiger partial charge in [-0.15, -0.1) is 0 Å². The number of hydrogen-bond acceptors (Lipinski definition) is 5. The first-order valence-electron chi connectivity index (χ1n) is 9.54. The lowest BCUT2D eigenvalue weighted by Gasteiger charge is -2.32. The number of nitrogens with one attached hydrogen (secondary N) is 1. The number of oxazole rings is 1. The normalized spacial score (nSPS) is 15.0. The number of benzene rings is 2. The number of aryl methyl sites for hydroxylation is 1.